The van der Waals surface area contributed by atoms with Gasteiger partial charge in [0.25, 0.3) is 5.91 Å². The lowest BCUT2D eigenvalue weighted by molar-refractivity contribution is 0.101. The molecular weight excluding hydrogens is 362 g/mol. The smallest absolute Gasteiger partial charge is 0.274 e. The molecule has 4 rings (SSSR count). The third-order valence-electron chi connectivity index (χ3n) is 4.62. The zero-order valence-corrected chi connectivity index (χ0v) is 16.3. The normalized spacial score (nSPS) is 10.6. The van der Waals surface area contributed by atoms with Crippen molar-refractivity contribution in [1.29, 1.82) is 0 Å². The summed E-state index contributed by atoms with van der Waals surface area (Å²) in [5, 5.41) is 7.67. The summed E-state index contributed by atoms with van der Waals surface area (Å²) >= 11 is 0. The minimum atomic E-state index is -0.257. The highest BCUT2D eigenvalue weighted by molar-refractivity contribution is 6.05. The molecule has 0 unspecified atom stereocenters. The second kappa shape index (κ2) is 8.02. The molecule has 5 heteroatoms. The van der Waals surface area contributed by atoms with Crippen LogP contribution in [0.25, 0.3) is 16.9 Å². The Balaban J connectivity index is 1.77. The van der Waals surface area contributed by atoms with E-state index in [1.54, 1.807) is 17.9 Å². The molecule has 0 radical (unpaired) electrons. The average molecular weight is 383 g/mol. The van der Waals surface area contributed by atoms with Crippen LogP contribution in [0.5, 0.6) is 5.75 Å². The van der Waals surface area contributed by atoms with Crippen LogP contribution in [0.1, 0.15) is 16.1 Å². The molecule has 0 saturated carbocycles. The van der Waals surface area contributed by atoms with Crippen LogP contribution in [0.3, 0.4) is 0 Å². The maximum atomic E-state index is 13.2. The van der Waals surface area contributed by atoms with Gasteiger partial charge in [0.05, 0.1) is 24.2 Å². The minimum Gasteiger partial charge on any atom is -0.495 e. The van der Waals surface area contributed by atoms with Crippen LogP contribution in [-0.4, -0.2) is 22.8 Å². The zero-order valence-electron chi connectivity index (χ0n) is 16.3. The van der Waals surface area contributed by atoms with Gasteiger partial charge in [-0.25, -0.2) is 4.68 Å². The van der Waals surface area contributed by atoms with Gasteiger partial charge in [0.15, 0.2) is 0 Å². The number of aryl methyl sites for hydroxylation is 1. The molecule has 1 aromatic heterocycles. The average Bonchev–Trinajstić information content (AvgIpc) is 3.21. The largest absolute Gasteiger partial charge is 0.495 e. The molecule has 0 spiro atoms. The summed E-state index contributed by atoms with van der Waals surface area (Å²) in [4.78, 5) is 13.2. The van der Waals surface area contributed by atoms with Crippen molar-refractivity contribution >= 4 is 11.6 Å². The SMILES string of the molecule is COc1ccc(C)cc1NC(=O)c1cc(-c2ccccc2)nn1-c1ccccc1. The van der Waals surface area contributed by atoms with Gasteiger partial charge in [0.1, 0.15) is 11.4 Å². The van der Waals surface area contributed by atoms with Crippen LogP contribution in [0, 0.1) is 6.92 Å². The minimum absolute atomic E-state index is 0.257. The van der Waals surface area contributed by atoms with Gasteiger partial charge in [-0.05, 0) is 42.8 Å². The Bertz CT molecular complexity index is 1140. The summed E-state index contributed by atoms with van der Waals surface area (Å²) in [6.45, 7) is 1.97. The molecule has 0 bridgehead atoms. The van der Waals surface area contributed by atoms with Crippen LogP contribution in [-0.2, 0) is 0 Å². The molecule has 0 aliphatic carbocycles. The van der Waals surface area contributed by atoms with E-state index >= 15 is 0 Å². The number of hydrogen-bond acceptors (Lipinski definition) is 3. The van der Waals surface area contributed by atoms with Gasteiger partial charge in [0.2, 0.25) is 0 Å². The molecule has 144 valence electrons. The Kier molecular flexibility index (Phi) is 5.12. The van der Waals surface area contributed by atoms with Crippen LogP contribution >= 0.6 is 0 Å². The Labute approximate surface area is 169 Å². The first-order chi connectivity index (χ1) is 14.2. The van der Waals surface area contributed by atoms with Gasteiger partial charge < -0.3 is 10.1 Å². The number of carbonyl (C=O) groups is 1. The number of aromatic nitrogens is 2. The number of ether oxygens (including phenoxy) is 1. The fraction of sp³-hybridized carbons (Fsp3) is 0.0833. The van der Waals surface area contributed by atoms with Crippen molar-refractivity contribution < 1.29 is 9.53 Å². The van der Waals surface area contributed by atoms with E-state index in [0.717, 1.165) is 22.5 Å². The van der Waals surface area contributed by atoms with Gasteiger partial charge in [-0.3, -0.25) is 4.79 Å². The highest BCUT2D eigenvalue weighted by Gasteiger charge is 2.19. The number of benzene rings is 3. The summed E-state index contributed by atoms with van der Waals surface area (Å²) in [6.07, 6.45) is 0. The molecule has 0 fully saturated rings. The van der Waals surface area contributed by atoms with Crippen molar-refractivity contribution in [2.75, 3.05) is 12.4 Å². The van der Waals surface area contributed by atoms with Crippen molar-refractivity contribution in [3.63, 3.8) is 0 Å². The van der Waals surface area contributed by atoms with Crippen LogP contribution in [0.4, 0.5) is 5.69 Å². The van der Waals surface area contributed by atoms with E-state index in [9.17, 15) is 4.79 Å². The predicted molar refractivity (Wildman–Crippen MR) is 115 cm³/mol. The first-order valence-electron chi connectivity index (χ1n) is 9.32. The summed E-state index contributed by atoms with van der Waals surface area (Å²) in [6, 6.07) is 26.9. The molecular formula is C24H21N3O2. The van der Waals surface area contributed by atoms with Crippen molar-refractivity contribution in [2.24, 2.45) is 0 Å². The number of amides is 1. The lowest BCUT2D eigenvalue weighted by Gasteiger charge is -2.12. The third kappa shape index (κ3) is 3.89. The van der Waals surface area contributed by atoms with E-state index < -0.39 is 0 Å². The molecule has 29 heavy (non-hydrogen) atoms. The van der Waals surface area contributed by atoms with E-state index in [1.807, 2.05) is 85.8 Å². The Morgan fingerprint density at radius 2 is 1.62 bits per heavy atom. The molecule has 1 amide bonds. The summed E-state index contributed by atoms with van der Waals surface area (Å²) < 4.78 is 7.06. The van der Waals surface area contributed by atoms with E-state index in [0.29, 0.717) is 17.1 Å². The third-order valence-corrected chi connectivity index (χ3v) is 4.62. The Hall–Kier alpha value is -3.86. The monoisotopic (exact) mass is 383 g/mol. The number of para-hydroxylation sites is 1. The molecule has 0 atom stereocenters. The first kappa shape index (κ1) is 18.5. The number of hydrogen-bond donors (Lipinski definition) is 1. The van der Waals surface area contributed by atoms with Crippen LogP contribution in [0.15, 0.2) is 84.9 Å². The molecule has 0 aliphatic heterocycles. The second-order valence-corrected chi connectivity index (χ2v) is 6.69. The molecule has 5 nitrogen and oxygen atoms in total. The molecule has 0 saturated heterocycles. The molecule has 4 aromatic rings. The van der Waals surface area contributed by atoms with E-state index in [4.69, 9.17) is 9.84 Å². The van der Waals surface area contributed by atoms with Gasteiger partial charge >= 0.3 is 0 Å². The highest BCUT2D eigenvalue weighted by Crippen LogP contribution is 2.27. The van der Waals surface area contributed by atoms with E-state index in [-0.39, 0.29) is 5.91 Å². The molecule has 1 heterocycles. The summed E-state index contributed by atoms with van der Waals surface area (Å²) in [5.74, 6) is 0.352. The van der Waals surface area contributed by atoms with Crippen molar-refractivity contribution in [2.45, 2.75) is 6.92 Å². The van der Waals surface area contributed by atoms with Crippen LogP contribution < -0.4 is 10.1 Å². The van der Waals surface area contributed by atoms with E-state index in [2.05, 4.69) is 5.32 Å². The Morgan fingerprint density at radius 1 is 0.931 bits per heavy atom. The lowest BCUT2D eigenvalue weighted by atomic mass is 10.1. The molecule has 0 aliphatic rings. The van der Waals surface area contributed by atoms with Crippen molar-refractivity contribution in [3.05, 3.63) is 96.2 Å². The summed E-state index contributed by atoms with van der Waals surface area (Å²) in [5.41, 5.74) is 4.59. The zero-order chi connectivity index (χ0) is 20.2. The Morgan fingerprint density at radius 3 is 2.31 bits per heavy atom. The van der Waals surface area contributed by atoms with Crippen LogP contribution in [0.2, 0.25) is 0 Å². The number of carbonyl (C=O) groups excluding carboxylic acids is 1. The van der Waals surface area contributed by atoms with Crippen molar-refractivity contribution in [1.82, 2.24) is 9.78 Å². The predicted octanol–water partition coefficient (Wildman–Crippen LogP) is 5.11. The molecule has 1 N–H and O–H groups in total. The standard InChI is InChI=1S/C24H21N3O2/c1-17-13-14-23(29-2)21(15-17)25-24(28)22-16-20(18-9-5-3-6-10-18)26-27(22)19-11-7-4-8-12-19/h3-16H,1-2H3,(H,25,28). The second-order valence-electron chi connectivity index (χ2n) is 6.69. The van der Waals surface area contributed by atoms with E-state index in [1.165, 1.54) is 0 Å². The maximum absolute atomic E-state index is 13.2. The topological polar surface area (TPSA) is 56.1 Å². The quantitative estimate of drug-likeness (QED) is 0.521. The first-order valence-corrected chi connectivity index (χ1v) is 9.32. The van der Waals surface area contributed by atoms with Gasteiger partial charge in [0, 0.05) is 5.56 Å². The summed E-state index contributed by atoms with van der Waals surface area (Å²) in [7, 11) is 1.59. The fourth-order valence-corrected chi connectivity index (χ4v) is 3.16. The van der Waals surface area contributed by atoms with Crippen molar-refractivity contribution in [3.8, 4) is 22.7 Å². The van der Waals surface area contributed by atoms with Gasteiger partial charge in [-0.15, -0.1) is 0 Å². The van der Waals surface area contributed by atoms with Gasteiger partial charge in [-0.2, -0.15) is 5.10 Å². The fourth-order valence-electron chi connectivity index (χ4n) is 3.16. The number of nitrogens with one attached hydrogen (secondary N) is 1. The molecule has 3 aromatic carbocycles. The van der Waals surface area contributed by atoms with Gasteiger partial charge in [-0.1, -0.05) is 54.6 Å². The highest BCUT2D eigenvalue weighted by atomic mass is 16.5. The number of rotatable bonds is 5. The number of anilines is 1. The lowest BCUT2D eigenvalue weighted by Crippen LogP contribution is -2.17. The number of methoxy groups -OCH3 is 1. The number of nitrogens with zero attached hydrogens (tertiary/aromatic N) is 2. The maximum Gasteiger partial charge on any atom is 0.274 e.